The molecular formula is C19H30B3F3I2O3P2. The van der Waals surface area contributed by atoms with Gasteiger partial charge in [0.15, 0.2) is 0 Å². The summed E-state index contributed by atoms with van der Waals surface area (Å²) >= 11 is 4.29. The van der Waals surface area contributed by atoms with E-state index in [4.69, 9.17) is 25.0 Å². The zero-order valence-electron chi connectivity index (χ0n) is 17.8. The molecule has 0 fully saturated rings. The average Bonchev–Trinajstić information content (AvgIpc) is 2.68. The normalized spacial score (nSPS) is 9.78. The topological polar surface area (TPSA) is 49.7 Å². The highest BCUT2D eigenvalue weighted by Crippen LogP contribution is 2.38. The first-order valence-electron chi connectivity index (χ1n) is 8.79. The van der Waals surface area contributed by atoms with Gasteiger partial charge in [-0.2, -0.15) is 0 Å². The van der Waals surface area contributed by atoms with E-state index in [1.165, 1.54) is 0 Å². The van der Waals surface area contributed by atoms with Gasteiger partial charge in [-0.05, 0) is 62.3 Å². The van der Waals surface area contributed by atoms with Crippen LogP contribution < -0.4 is 5.30 Å². The maximum absolute atomic E-state index is 9.67. The summed E-state index contributed by atoms with van der Waals surface area (Å²) in [7, 11) is 6.90. The van der Waals surface area contributed by atoms with Crippen LogP contribution in [0.15, 0.2) is 42.5 Å². The minimum absolute atomic E-state index is 0. The van der Waals surface area contributed by atoms with Gasteiger partial charge in [0.2, 0.25) is 0 Å². The zero-order valence-corrected chi connectivity index (χ0v) is 24.0. The maximum atomic E-state index is 9.67. The molecule has 0 heterocycles. The summed E-state index contributed by atoms with van der Waals surface area (Å²) in [5.74, 6) is 0.703. The molecule has 2 N–H and O–H groups in total. The SMILES string of the molecule is C.CCOCC.Cc1ccccc1O.FB(F)F.[B]P(I)c1ccc(O)c(C)c1.[B]PI. The van der Waals surface area contributed by atoms with Crippen LogP contribution in [-0.4, -0.2) is 46.1 Å². The molecule has 0 bridgehead atoms. The van der Waals surface area contributed by atoms with Crippen molar-refractivity contribution in [1.82, 2.24) is 0 Å². The van der Waals surface area contributed by atoms with Crippen molar-refractivity contribution < 1.29 is 27.9 Å². The lowest BCUT2D eigenvalue weighted by Gasteiger charge is -2.05. The van der Waals surface area contributed by atoms with Crippen LogP contribution in [0.25, 0.3) is 0 Å². The van der Waals surface area contributed by atoms with Crippen molar-refractivity contribution >= 4 is 83.6 Å². The van der Waals surface area contributed by atoms with Crippen molar-refractivity contribution in [2.75, 3.05) is 13.2 Å². The molecule has 0 saturated carbocycles. The number of rotatable bonds is 3. The molecule has 0 saturated heterocycles. The maximum Gasteiger partial charge on any atom is 0.762 e. The molecule has 0 spiro atoms. The van der Waals surface area contributed by atoms with E-state index in [0.717, 1.165) is 29.6 Å². The third-order valence-corrected chi connectivity index (χ3v) is 5.39. The van der Waals surface area contributed by atoms with E-state index in [-0.39, 0.29) is 7.43 Å². The molecule has 2 rings (SSSR count). The minimum atomic E-state index is -3.67. The summed E-state index contributed by atoms with van der Waals surface area (Å²) in [6.07, 6.45) is 0.553. The first-order chi connectivity index (χ1) is 14.5. The van der Waals surface area contributed by atoms with E-state index in [0.29, 0.717) is 17.6 Å². The average molecular weight is 712 g/mol. The number of aryl methyl sites for hydroxylation is 2. The molecule has 178 valence electrons. The highest BCUT2D eigenvalue weighted by Gasteiger charge is 2.06. The Morgan fingerprint density at radius 2 is 1.41 bits per heavy atom. The Morgan fingerprint density at radius 1 is 1.00 bits per heavy atom. The van der Waals surface area contributed by atoms with Gasteiger partial charge in [0.1, 0.15) is 26.6 Å². The molecule has 2 aromatic carbocycles. The van der Waals surface area contributed by atoms with Crippen LogP contribution in [0, 0.1) is 13.8 Å². The van der Waals surface area contributed by atoms with Gasteiger partial charge in [-0.25, -0.2) is 0 Å². The Kier molecular flexibility index (Phi) is 34.0. The van der Waals surface area contributed by atoms with Crippen molar-refractivity contribution in [2.24, 2.45) is 0 Å². The van der Waals surface area contributed by atoms with Crippen molar-refractivity contribution in [1.29, 1.82) is 0 Å². The first-order valence-corrected chi connectivity index (χ1v) is 17.2. The quantitative estimate of drug-likeness (QED) is 0.196. The van der Waals surface area contributed by atoms with Gasteiger partial charge in [-0.3, -0.25) is 12.9 Å². The van der Waals surface area contributed by atoms with Crippen LogP contribution in [0.2, 0.25) is 0 Å². The number of hydrogen-bond acceptors (Lipinski definition) is 3. The van der Waals surface area contributed by atoms with Crippen LogP contribution in [0.3, 0.4) is 0 Å². The van der Waals surface area contributed by atoms with Crippen LogP contribution in [0.4, 0.5) is 12.9 Å². The van der Waals surface area contributed by atoms with Crippen LogP contribution in [0.5, 0.6) is 11.5 Å². The Balaban J connectivity index is -0.000000165. The van der Waals surface area contributed by atoms with Crippen LogP contribution in [0.1, 0.15) is 32.4 Å². The number of benzene rings is 2. The lowest BCUT2D eigenvalue weighted by atomic mass is 10.2. The molecule has 32 heavy (non-hydrogen) atoms. The second-order valence-corrected chi connectivity index (χ2v) is 11.6. The summed E-state index contributed by atoms with van der Waals surface area (Å²) < 4.78 is 33.8. The molecule has 4 radical (unpaired) electrons. The van der Waals surface area contributed by atoms with Gasteiger partial charge in [-0.15, -0.1) is 6.10 Å². The molecule has 0 aliphatic rings. The molecule has 3 nitrogen and oxygen atoms in total. The molecule has 2 atom stereocenters. The van der Waals surface area contributed by atoms with Gasteiger partial charge in [0.25, 0.3) is 0 Å². The Bertz CT molecular complexity index is 655. The second-order valence-electron chi connectivity index (χ2n) is 5.21. The molecule has 0 aliphatic heterocycles. The standard InChI is InChI=1S/C7H7BIOP.C7H8O.C4H10O.CH4.BF3.BHIP/c1-5-4-6(11(8)9)2-3-7(5)10;1-6-4-2-3-5-7(6)8;1-3-5-4-2;;2-1(3)4;1-3-2/h2-4,10H,1H3;2-5,8H,1H3;3-4H2,1-2H3;1H4;;3H. The molecule has 0 aromatic heterocycles. The summed E-state index contributed by atoms with van der Waals surface area (Å²) in [5.41, 5.74) is 1.24. The number of para-hydroxylation sites is 1. The van der Waals surface area contributed by atoms with Gasteiger partial charge in [-0.1, -0.05) is 81.2 Å². The van der Waals surface area contributed by atoms with E-state index in [1.54, 1.807) is 12.1 Å². The number of aromatic hydroxyl groups is 2. The molecule has 2 aromatic rings. The Labute approximate surface area is 223 Å². The third-order valence-electron chi connectivity index (χ3n) is 2.95. The number of phenolic OH excluding ortho intramolecular Hbond substituents is 2. The van der Waals surface area contributed by atoms with Crippen molar-refractivity contribution in [3.8, 4) is 11.5 Å². The van der Waals surface area contributed by atoms with E-state index in [2.05, 4.69) is 44.1 Å². The van der Waals surface area contributed by atoms with Crippen LogP contribution in [-0.2, 0) is 4.74 Å². The fourth-order valence-electron chi connectivity index (χ4n) is 1.54. The van der Waals surface area contributed by atoms with Gasteiger partial charge in [0, 0.05) is 13.2 Å². The zero-order chi connectivity index (χ0) is 24.8. The Morgan fingerprint density at radius 3 is 1.66 bits per heavy atom. The number of hydrogen-bond donors (Lipinski definition) is 2. The van der Waals surface area contributed by atoms with E-state index in [9.17, 15) is 18.1 Å². The van der Waals surface area contributed by atoms with Crippen LogP contribution >= 0.6 is 55.6 Å². The Hall–Kier alpha value is 0.305. The van der Waals surface area contributed by atoms with Crippen molar-refractivity contribution in [3.05, 3.63) is 53.6 Å². The number of ether oxygens (including phenoxy) is 1. The third kappa shape index (κ3) is 28.3. The predicted molar refractivity (Wildman–Crippen MR) is 158 cm³/mol. The predicted octanol–water partition coefficient (Wildman–Crippen LogP) is 7.60. The monoisotopic (exact) mass is 712 g/mol. The van der Waals surface area contributed by atoms with Gasteiger partial charge < -0.3 is 14.9 Å². The van der Waals surface area contributed by atoms with E-state index >= 15 is 0 Å². The van der Waals surface area contributed by atoms with Crippen molar-refractivity contribution in [3.63, 3.8) is 0 Å². The second kappa shape index (κ2) is 27.5. The van der Waals surface area contributed by atoms with Gasteiger partial charge in [0.05, 0.1) is 0 Å². The first kappa shape index (κ1) is 39.5. The molecule has 0 amide bonds. The lowest BCUT2D eigenvalue weighted by Crippen LogP contribution is -1.96. The van der Waals surface area contributed by atoms with Crippen molar-refractivity contribution in [2.45, 2.75) is 35.1 Å². The van der Waals surface area contributed by atoms with Gasteiger partial charge >= 0.3 is 7.54 Å². The lowest BCUT2D eigenvalue weighted by molar-refractivity contribution is 0.162. The largest absolute Gasteiger partial charge is 0.762 e. The number of phenols is 2. The van der Waals surface area contributed by atoms with E-state index < -0.39 is 13.0 Å². The highest BCUT2D eigenvalue weighted by molar-refractivity contribution is 14.2. The molecule has 13 heteroatoms. The fraction of sp³-hybridized carbons (Fsp3) is 0.368. The van der Waals surface area contributed by atoms with E-state index in [1.807, 2.05) is 58.0 Å². The molecular weight excluding hydrogens is 681 g/mol. The summed E-state index contributed by atoms with van der Waals surface area (Å²) in [5, 5.41) is 19.2. The molecule has 0 aliphatic carbocycles. The summed E-state index contributed by atoms with van der Waals surface area (Å²) in [4.78, 5) is 0. The smallest absolute Gasteiger partial charge is 0.508 e. The minimum Gasteiger partial charge on any atom is -0.508 e. The number of halogens is 5. The summed E-state index contributed by atoms with van der Waals surface area (Å²) in [6.45, 7) is 9.41. The fourth-order valence-corrected chi connectivity index (χ4v) is 2.97. The highest BCUT2D eigenvalue weighted by atomic mass is 127. The summed E-state index contributed by atoms with van der Waals surface area (Å²) in [6, 6.07) is 12.7. The molecule has 2 unspecified atom stereocenters.